The molecule has 1 amide bonds. The molecule has 0 saturated carbocycles. The van der Waals surface area contributed by atoms with Gasteiger partial charge in [-0.2, -0.15) is 35.3 Å². The van der Waals surface area contributed by atoms with Gasteiger partial charge < -0.3 is 24.3 Å². The van der Waals surface area contributed by atoms with E-state index in [0.717, 1.165) is 35.3 Å². The fourth-order valence-electron chi connectivity index (χ4n) is 4.98. The minimum absolute atomic E-state index is 0. The number of fused-ring (bicyclic) bond motifs is 1. The van der Waals surface area contributed by atoms with E-state index >= 15 is 0 Å². The Balaban J connectivity index is 0.00000290. The van der Waals surface area contributed by atoms with Gasteiger partial charge in [0, 0.05) is 16.8 Å². The SMILES string of the molecule is CC1=NN(c2cc(Cl)c(S(=O)(=O)[O-])cc2Cl)C(=O)C1N=Nc1cc(Nc2nc(Cl)nc(Nc3cccc4cc(S(=O)(=O)[O-])ccc34)n2)ccc1S(=O)(=O)[O-].[Na+].[Na+].[Na+]. The Morgan fingerprint density at radius 3 is 2.02 bits per heavy atom. The summed E-state index contributed by atoms with van der Waals surface area (Å²) in [6.07, 6.45) is 0. The van der Waals surface area contributed by atoms with Gasteiger partial charge in [0.2, 0.25) is 17.2 Å². The molecule has 0 aliphatic carbocycles. The first-order valence-corrected chi connectivity index (χ1v) is 19.8. The Morgan fingerprint density at radius 1 is 0.737 bits per heavy atom. The van der Waals surface area contributed by atoms with Gasteiger partial charge in [0.15, 0.2) is 6.04 Å². The van der Waals surface area contributed by atoms with Crippen molar-refractivity contribution >= 4 is 122 Å². The number of hydrogen-bond acceptors (Lipinski definition) is 18. The topological polar surface area (TPSA) is 292 Å². The Kier molecular flexibility index (Phi) is 16.7. The fraction of sp³-hybridized carbons (Fsp3) is 0.0690. The van der Waals surface area contributed by atoms with Crippen molar-refractivity contribution in [3.8, 4) is 0 Å². The molecule has 2 N–H and O–H groups in total. The molecule has 1 aliphatic heterocycles. The molecule has 1 aromatic heterocycles. The zero-order valence-corrected chi connectivity index (χ0v) is 40.2. The maximum Gasteiger partial charge on any atom is 1.00 e. The molecule has 0 spiro atoms. The van der Waals surface area contributed by atoms with Crippen LogP contribution in [0.1, 0.15) is 6.92 Å². The van der Waals surface area contributed by atoms with E-state index in [1.807, 2.05) is 0 Å². The molecule has 0 radical (unpaired) electrons. The van der Waals surface area contributed by atoms with Crippen molar-refractivity contribution in [3.05, 3.63) is 82.1 Å². The van der Waals surface area contributed by atoms with E-state index in [0.29, 0.717) is 16.5 Å². The van der Waals surface area contributed by atoms with Crippen molar-refractivity contribution < 1.29 is 132 Å². The molecular formula is C29H17Cl3N9Na3O10S3. The van der Waals surface area contributed by atoms with Gasteiger partial charge in [-0.05, 0) is 72.4 Å². The quantitative estimate of drug-likeness (QED) is 0.0769. The first-order chi connectivity index (χ1) is 25.2. The van der Waals surface area contributed by atoms with Gasteiger partial charge in [-0.15, -0.1) is 0 Å². The Morgan fingerprint density at radius 2 is 1.39 bits per heavy atom. The number of anilines is 5. The molecule has 1 aliphatic rings. The molecule has 1 unspecified atom stereocenters. The number of nitrogens with one attached hydrogen (secondary N) is 2. The summed E-state index contributed by atoms with van der Waals surface area (Å²) in [6.45, 7) is 1.37. The van der Waals surface area contributed by atoms with Gasteiger partial charge in [0.05, 0.1) is 36.1 Å². The predicted octanol–water partition coefficient (Wildman–Crippen LogP) is -3.93. The van der Waals surface area contributed by atoms with Crippen LogP contribution in [0.5, 0.6) is 0 Å². The van der Waals surface area contributed by atoms with E-state index in [1.165, 1.54) is 25.1 Å². The molecule has 57 heavy (non-hydrogen) atoms. The van der Waals surface area contributed by atoms with Crippen LogP contribution >= 0.6 is 34.8 Å². The van der Waals surface area contributed by atoms with E-state index in [4.69, 9.17) is 34.8 Å². The zero-order chi connectivity index (χ0) is 39.3. The van der Waals surface area contributed by atoms with Crippen LogP contribution in [-0.4, -0.2) is 71.5 Å². The minimum Gasteiger partial charge on any atom is -0.744 e. The largest absolute Gasteiger partial charge is 1.00 e. The van der Waals surface area contributed by atoms with Crippen LogP contribution in [0.2, 0.25) is 15.3 Å². The summed E-state index contributed by atoms with van der Waals surface area (Å²) in [5, 5.41) is 18.0. The number of carbonyl (C=O) groups excluding carboxylic acids is 1. The van der Waals surface area contributed by atoms with E-state index in [9.17, 15) is 43.7 Å². The summed E-state index contributed by atoms with van der Waals surface area (Å²) in [6, 6.07) is 12.0. The van der Waals surface area contributed by atoms with Crippen LogP contribution in [0.3, 0.4) is 0 Å². The number of azo groups is 1. The summed E-state index contributed by atoms with van der Waals surface area (Å²) in [5.41, 5.74) is -0.201. The van der Waals surface area contributed by atoms with Crippen molar-refractivity contribution in [2.24, 2.45) is 15.3 Å². The Labute approximate surface area is 405 Å². The number of carbonyl (C=O) groups is 1. The van der Waals surface area contributed by atoms with Crippen molar-refractivity contribution in [1.29, 1.82) is 0 Å². The van der Waals surface area contributed by atoms with Crippen LogP contribution < -0.4 is 104 Å². The smallest absolute Gasteiger partial charge is 0.744 e. The summed E-state index contributed by atoms with van der Waals surface area (Å²) in [7, 11) is -14.8. The molecule has 5 aromatic rings. The van der Waals surface area contributed by atoms with Crippen LogP contribution in [0.25, 0.3) is 10.8 Å². The third kappa shape index (κ3) is 11.5. The van der Waals surface area contributed by atoms with Gasteiger partial charge in [0.1, 0.15) is 36.0 Å². The molecule has 280 valence electrons. The summed E-state index contributed by atoms with van der Waals surface area (Å²) < 4.78 is 105. The summed E-state index contributed by atoms with van der Waals surface area (Å²) in [5.74, 6) is -1.14. The van der Waals surface area contributed by atoms with E-state index in [2.05, 4.69) is 40.9 Å². The van der Waals surface area contributed by atoms with E-state index < -0.39 is 67.7 Å². The number of rotatable bonds is 10. The third-order valence-electron chi connectivity index (χ3n) is 7.36. The summed E-state index contributed by atoms with van der Waals surface area (Å²) >= 11 is 18.2. The van der Waals surface area contributed by atoms with E-state index in [1.54, 1.807) is 18.2 Å². The van der Waals surface area contributed by atoms with Gasteiger partial charge in [-0.1, -0.05) is 41.4 Å². The molecule has 0 saturated heterocycles. The maximum absolute atomic E-state index is 13.3. The molecule has 2 heterocycles. The number of benzene rings is 4. The average molecular weight is 923 g/mol. The van der Waals surface area contributed by atoms with Crippen molar-refractivity contribution in [3.63, 3.8) is 0 Å². The molecule has 19 nitrogen and oxygen atoms in total. The van der Waals surface area contributed by atoms with Crippen molar-refractivity contribution in [1.82, 2.24) is 15.0 Å². The molecule has 1 atom stereocenters. The molecule has 4 aromatic carbocycles. The fourth-order valence-corrected chi connectivity index (χ4v) is 7.54. The molecular weight excluding hydrogens is 906 g/mol. The second-order valence-corrected chi connectivity index (χ2v) is 16.2. The number of aromatic nitrogens is 3. The Hall–Kier alpha value is -1.91. The molecule has 28 heteroatoms. The number of amides is 1. The number of hydrogen-bond donors (Lipinski definition) is 2. The van der Waals surface area contributed by atoms with Crippen LogP contribution in [0, 0.1) is 0 Å². The van der Waals surface area contributed by atoms with Gasteiger partial charge in [-0.3, -0.25) is 4.79 Å². The van der Waals surface area contributed by atoms with Crippen LogP contribution in [-0.2, 0) is 35.1 Å². The number of nitrogens with zero attached hydrogens (tertiary/aromatic N) is 7. The monoisotopic (exact) mass is 921 g/mol. The molecule has 0 fully saturated rings. The second-order valence-electron chi connectivity index (χ2n) is 11.0. The zero-order valence-electron chi connectivity index (χ0n) is 29.5. The standard InChI is InChI=1S/C29H20Cl3N9O10S3.3Na/c1-13-25(26(42)41(40-13)22-11-19(31)24(12-18(22)30)54(49,50)51)39-38-21-10-15(5-8-23(21)53(46,47)48)33-28-35-27(32)36-29(37-28)34-20-4-2-3-14-9-16(52(43,44)45)6-7-17(14)20;;;/h2-12,25H,1H3,(H,43,44,45)(H,46,47,48)(H,49,50,51)(H2,33,34,35,36,37);;;/q;3*+1/p-3. The predicted molar refractivity (Wildman–Crippen MR) is 191 cm³/mol. The minimum atomic E-state index is -5.14. The van der Waals surface area contributed by atoms with Crippen molar-refractivity contribution in [2.45, 2.75) is 27.7 Å². The van der Waals surface area contributed by atoms with E-state index in [-0.39, 0.29) is 128 Å². The normalized spacial score (nSPS) is 14.4. The second kappa shape index (κ2) is 19.2. The maximum atomic E-state index is 13.3. The molecule has 0 bridgehead atoms. The average Bonchev–Trinajstić information content (AvgIpc) is 3.34. The Bertz CT molecular complexity index is 2830. The number of halogens is 3. The van der Waals surface area contributed by atoms with Crippen LogP contribution in [0.4, 0.5) is 34.6 Å². The van der Waals surface area contributed by atoms with Gasteiger partial charge in [-0.25, -0.2) is 25.3 Å². The number of hydrazone groups is 1. The molecule has 6 rings (SSSR count). The first kappa shape index (κ1) is 49.5. The van der Waals surface area contributed by atoms with Crippen LogP contribution in [0.15, 0.2) is 96.7 Å². The van der Waals surface area contributed by atoms with Gasteiger partial charge in [0.25, 0.3) is 5.91 Å². The van der Waals surface area contributed by atoms with Gasteiger partial charge >= 0.3 is 88.7 Å². The third-order valence-corrected chi connectivity index (χ3v) is 10.8. The van der Waals surface area contributed by atoms with Crippen molar-refractivity contribution in [2.75, 3.05) is 15.6 Å². The summed E-state index contributed by atoms with van der Waals surface area (Å²) in [4.78, 5) is 23.5. The first-order valence-electron chi connectivity index (χ1n) is 14.5.